The quantitative estimate of drug-likeness (QED) is 0.722. The van der Waals surface area contributed by atoms with Crippen molar-refractivity contribution in [2.75, 3.05) is 0 Å². The summed E-state index contributed by atoms with van der Waals surface area (Å²) in [4.78, 5) is 13.2. The average molecular weight is 302 g/mol. The highest BCUT2D eigenvalue weighted by molar-refractivity contribution is 6.02. The van der Waals surface area contributed by atoms with E-state index in [9.17, 15) is 4.79 Å². The Kier molecular flexibility index (Phi) is 2.83. The Hall–Kier alpha value is -1.89. The third kappa shape index (κ3) is 1.77. The van der Waals surface area contributed by atoms with E-state index in [0.717, 1.165) is 17.4 Å². The van der Waals surface area contributed by atoms with E-state index < -0.39 is 0 Å². The van der Waals surface area contributed by atoms with Crippen LogP contribution in [0.5, 0.6) is 0 Å². The minimum atomic E-state index is 0.223. The number of ketones is 1. The number of fused-ring (bicyclic) bond motifs is 3. The van der Waals surface area contributed by atoms with Crippen LogP contribution in [0.15, 0.2) is 60.7 Å². The maximum Gasteiger partial charge on any atom is 0.167 e. The predicted octanol–water partition coefficient (Wildman–Crippen LogP) is 5.09. The van der Waals surface area contributed by atoms with Crippen LogP contribution in [0.4, 0.5) is 0 Å². The molecule has 0 aliphatic heterocycles. The molecule has 3 fully saturated rings. The van der Waals surface area contributed by atoms with E-state index in [4.69, 9.17) is 0 Å². The van der Waals surface area contributed by atoms with Gasteiger partial charge < -0.3 is 0 Å². The molecule has 1 spiro atoms. The first-order valence-corrected chi connectivity index (χ1v) is 8.99. The van der Waals surface area contributed by atoms with Gasteiger partial charge in [-0.15, -0.1) is 0 Å². The number of Topliss-reactive ketones (excluding diaryl/α,β-unsaturated/α-hetero) is 1. The molecule has 3 aliphatic rings. The van der Waals surface area contributed by atoms with Crippen LogP contribution in [0.3, 0.4) is 0 Å². The van der Waals surface area contributed by atoms with E-state index in [1.807, 2.05) is 30.3 Å². The molecule has 0 N–H and O–H groups in total. The van der Waals surface area contributed by atoms with Crippen molar-refractivity contribution < 1.29 is 4.79 Å². The molecule has 5 rings (SSSR count). The molecule has 23 heavy (non-hydrogen) atoms. The molecule has 0 radical (unpaired) electrons. The molecule has 116 valence electrons. The molecule has 0 aromatic heterocycles. The predicted molar refractivity (Wildman–Crippen MR) is 91.3 cm³/mol. The van der Waals surface area contributed by atoms with Gasteiger partial charge in [-0.1, -0.05) is 73.5 Å². The van der Waals surface area contributed by atoms with E-state index >= 15 is 0 Å². The molecular formula is C22H22O. The molecule has 2 aromatic rings. The third-order valence-electron chi connectivity index (χ3n) is 6.74. The molecule has 3 saturated carbocycles. The summed E-state index contributed by atoms with van der Waals surface area (Å²) in [6.45, 7) is 0. The highest BCUT2D eigenvalue weighted by atomic mass is 16.1. The summed E-state index contributed by atoms with van der Waals surface area (Å²) < 4.78 is 0. The highest BCUT2D eigenvalue weighted by Gasteiger charge is 2.85. The SMILES string of the molecule is O=C(c1ccccc1)C1C(c2ccccc2)C12C1CCCCC12. The zero-order chi connectivity index (χ0) is 15.4. The Morgan fingerprint density at radius 3 is 2.00 bits per heavy atom. The van der Waals surface area contributed by atoms with Gasteiger partial charge in [0.2, 0.25) is 0 Å². The van der Waals surface area contributed by atoms with Crippen molar-refractivity contribution in [1.29, 1.82) is 0 Å². The number of carbonyl (C=O) groups is 1. The molecule has 0 amide bonds. The lowest BCUT2D eigenvalue weighted by molar-refractivity contribution is 0.0955. The van der Waals surface area contributed by atoms with Gasteiger partial charge >= 0.3 is 0 Å². The third-order valence-corrected chi connectivity index (χ3v) is 6.74. The lowest BCUT2D eigenvalue weighted by atomic mass is 10.0. The van der Waals surface area contributed by atoms with E-state index in [0.29, 0.717) is 17.1 Å². The van der Waals surface area contributed by atoms with Crippen LogP contribution in [-0.4, -0.2) is 5.78 Å². The topological polar surface area (TPSA) is 17.1 Å². The summed E-state index contributed by atoms with van der Waals surface area (Å²) >= 11 is 0. The Bertz CT molecular complexity index is 721. The second-order valence-electron chi connectivity index (χ2n) is 7.59. The van der Waals surface area contributed by atoms with Gasteiger partial charge in [-0.05, 0) is 35.7 Å². The zero-order valence-corrected chi connectivity index (χ0v) is 13.3. The molecular weight excluding hydrogens is 280 g/mol. The largest absolute Gasteiger partial charge is 0.294 e. The summed E-state index contributed by atoms with van der Waals surface area (Å²) in [6, 6.07) is 20.7. The van der Waals surface area contributed by atoms with E-state index in [1.54, 1.807) is 0 Å². The van der Waals surface area contributed by atoms with E-state index in [2.05, 4.69) is 30.3 Å². The van der Waals surface area contributed by atoms with Crippen LogP contribution >= 0.6 is 0 Å². The number of benzene rings is 2. The first-order valence-electron chi connectivity index (χ1n) is 8.99. The maximum absolute atomic E-state index is 13.2. The number of hydrogen-bond donors (Lipinski definition) is 0. The summed E-state index contributed by atoms with van der Waals surface area (Å²) in [5.41, 5.74) is 2.60. The van der Waals surface area contributed by atoms with Crippen molar-refractivity contribution >= 4 is 5.78 Å². The fourth-order valence-electron chi connectivity index (χ4n) is 5.87. The zero-order valence-electron chi connectivity index (χ0n) is 13.3. The van der Waals surface area contributed by atoms with Crippen molar-refractivity contribution in [2.24, 2.45) is 23.2 Å². The Balaban J connectivity index is 1.53. The van der Waals surface area contributed by atoms with Crippen molar-refractivity contribution in [3.05, 3.63) is 71.8 Å². The van der Waals surface area contributed by atoms with Crippen LogP contribution in [-0.2, 0) is 0 Å². The average Bonchev–Trinajstić information content (AvgIpc) is 3.51. The molecule has 1 nitrogen and oxygen atoms in total. The molecule has 2 aromatic carbocycles. The van der Waals surface area contributed by atoms with Crippen molar-refractivity contribution in [2.45, 2.75) is 31.6 Å². The molecule has 4 unspecified atom stereocenters. The molecule has 0 bridgehead atoms. The molecule has 4 atom stereocenters. The van der Waals surface area contributed by atoms with Crippen LogP contribution in [0.25, 0.3) is 0 Å². The highest BCUT2D eigenvalue weighted by Crippen LogP contribution is 2.88. The summed E-state index contributed by atoms with van der Waals surface area (Å²) in [7, 11) is 0. The van der Waals surface area contributed by atoms with Gasteiger partial charge in [-0.25, -0.2) is 0 Å². The minimum Gasteiger partial charge on any atom is -0.294 e. The maximum atomic E-state index is 13.2. The number of carbonyl (C=O) groups excluding carboxylic acids is 1. The lowest BCUT2D eigenvalue weighted by Gasteiger charge is -2.04. The summed E-state index contributed by atoms with van der Waals surface area (Å²) in [5.74, 6) is 2.68. The van der Waals surface area contributed by atoms with Gasteiger partial charge in [-0.2, -0.15) is 0 Å². The Morgan fingerprint density at radius 2 is 1.39 bits per heavy atom. The van der Waals surface area contributed by atoms with E-state index in [1.165, 1.54) is 31.2 Å². The molecule has 3 aliphatic carbocycles. The minimum absolute atomic E-state index is 0.223. The normalized spacial score (nSPS) is 37.2. The van der Waals surface area contributed by atoms with Crippen molar-refractivity contribution in [3.8, 4) is 0 Å². The smallest absolute Gasteiger partial charge is 0.167 e. The van der Waals surface area contributed by atoms with Gasteiger partial charge in [0.25, 0.3) is 0 Å². The van der Waals surface area contributed by atoms with Gasteiger partial charge in [0, 0.05) is 17.4 Å². The second-order valence-corrected chi connectivity index (χ2v) is 7.59. The fourth-order valence-corrected chi connectivity index (χ4v) is 5.87. The standard InChI is InChI=1S/C22H22O/c23-21(16-11-5-2-6-12-16)20-19(15-9-3-1-4-10-15)22(20)17-13-7-8-14-18(17)22/h1-6,9-12,17-20H,7-8,13-14H2. The van der Waals surface area contributed by atoms with Crippen molar-refractivity contribution in [1.82, 2.24) is 0 Å². The monoisotopic (exact) mass is 302 g/mol. The Morgan fingerprint density at radius 1 is 0.826 bits per heavy atom. The van der Waals surface area contributed by atoms with Crippen LogP contribution in [0.1, 0.15) is 47.5 Å². The number of hydrogen-bond acceptors (Lipinski definition) is 1. The molecule has 0 heterocycles. The van der Waals surface area contributed by atoms with Crippen LogP contribution < -0.4 is 0 Å². The van der Waals surface area contributed by atoms with Gasteiger partial charge in [-0.3, -0.25) is 4.79 Å². The summed E-state index contributed by atoms with van der Waals surface area (Å²) in [5, 5.41) is 0. The first kappa shape index (κ1) is 13.5. The van der Waals surface area contributed by atoms with Crippen LogP contribution in [0.2, 0.25) is 0 Å². The van der Waals surface area contributed by atoms with Gasteiger partial charge in [0.1, 0.15) is 0 Å². The fraction of sp³-hybridized carbons (Fsp3) is 0.409. The van der Waals surface area contributed by atoms with E-state index in [-0.39, 0.29) is 5.92 Å². The molecule has 0 saturated heterocycles. The number of rotatable bonds is 3. The summed E-state index contributed by atoms with van der Waals surface area (Å²) in [6.07, 6.45) is 5.40. The van der Waals surface area contributed by atoms with Gasteiger partial charge in [0.05, 0.1) is 0 Å². The second kappa shape index (κ2) is 4.80. The molecule has 1 heteroatoms. The van der Waals surface area contributed by atoms with Crippen molar-refractivity contribution in [3.63, 3.8) is 0 Å². The first-order chi connectivity index (χ1) is 11.3. The Labute approximate surface area is 137 Å². The van der Waals surface area contributed by atoms with Gasteiger partial charge in [0.15, 0.2) is 5.78 Å². The van der Waals surface area contributed by atoms with Crippen LogP contribution in [0, 0.1) is 23.2 Å². The lowest BCUT2D eigenvalue weighted by Crippen LogP contribution is -2.05.